The Morgan fingerprint density at radius 1 is 1.25 bits per heavy atom. The van der Waals surface area contributed by atoms with Crippen molar-refractivity contribution in [2.45, 2.75) is 31.7 Å². The molecule has 0 radical (unpaired) electrons. The molecule has 2 rings (SSSR count). The molecule has 1 aliphatic rings. The highest BCUT2D eigenvalue weighted by molar-refractivity contribution is 5.42. The van der Waals surface area contributed by atoms with Gasteiger partial charge in [0.05, 0.1) is 0 Å². The summed E-state index contributed by atoms with van der Waals surface area (Å²) in [6.07, 6.45) is 3.55. The fourth-order valence-corrected chi connectivity index (χ4v) is 1.74. The SMILES string of the molecule is CN(C)c1nc(N)nc(NC2(C)CCC2)n1. The summed E-state index contributed by atoms with van der Waals surface area (Å²) in [5, 5.41) is 3.32. The van der Waals surface area contributed by atoms with Crippen LogP contribution in [0.25, 0.3) is 0 Å². The molecule has 0 aliphatic heterocycles. The lowest BCUT2D eigenvalue weighted by Gasteiger charge is -2.39. The number of rotatable bonds is 3. The number of hydrogen-bond acceptors (Lipinski definition) is 6. The molecule has 0 bridgehead atoms. The average molecular weight is 222 g/mol. The summed E-state index contributed by atoms with van der Waals surface area (Å²) < 4.78 is 0. The van der Waals surface area contributed by atoms with Crippen molar-refractivity contribution in [2.75, 3.05) is 30.0 Å². The molecule has 1 aliphatic carbocycles. The van der Waals surface area contributed by atoms with Gasteiger partial charge in [-0.25, -0.2) is 0 Å². The minimum Gasteiger partial charge on any atom is -0.368 e. The molecule has 88 valence electrons. The molecule has 6 nitrogen and oxygen atoms in total. The van der Waals surface area contributed by atoms with Crippen LogP contribution in [0.1, 0.15) is 26.2 Å². The van der Waals surface area contributed by atoms with E-state index in [4.69, 9.17) is 5.73 Å². The second kappa shape index (κ2) is 3.77. The van der Waals surface area contributed by atoms with E-state index in [1.165, 1.54) is 6.42 Å². The van der Waals surface area contributed by atoms with Gasteiger partial charge in [0.1, 0.15) is 0 Å². The summed E-state index contributed by atoms with van der Waals surface area (Å²) in [5.41, 5.74) is 5.77. The zero-order valence-corrected chi connectivity index (χ0v) is 9.99. The van der Waals surface area contributed by atoms with Crippen LogP contribution in [0.3, 0.4) is 0 Å². The molecule has 1 heterocycles. The van der Waals surface area contributed by atoms with E-state index >= 15 is 0 Å². The number of nitrogens with one attached hydrogen (secondary N) is 1. The lowest BCUT2D eigenvalue weighted by molar-refractivity contribution is 0.305. The molecule has 0 spiro atoms. The first-order valence-corrected chi connectivity index (χ1v) is 5.46. The van der Waals surface area contributed by atoms with E-state index in [0.717, 1.165) is 12.8 Å². The first-order chi connectivity index (χ1) is 7.48. The first-order valence-electron chi connectivity index (χ1n) is 5.46. The maximum atomic E-state index is 5.65. The highest BCUT2D eigenvalue weighted by atomic mass is 15.3. The van der Waals surface area contributed by atoms with Crippen molar-refractivity contribution in [3.05, 3.63) is 0 Å². The fraction of sp³-hybridized carbons (Fsp3) is 0.700. The summed E-state index contributed by atoms with van der Waals surface area (Å²) in [5.74, 6) is 1.40. The third-order valence-corrected chi connectivity index (χ3v) is 2.91. The Morgan fingerprint density at radius 2 is 1.94 bits per heavy atom. The smallest absolute Gasteiger partial charge is 0.231 e. The first kappa shape index (κ1) is 10.9. The number of nitrogens with two attached hydrogens (primary N) is 1. The number of aromatic nitrogens is 3. The predicted octanol–water partition coefficient (Wildman–Crippen LogP) is 0.874. The Morgan fingerprint density at radius 3 is 2.44 bits per heavy atom. The Balaban J connectivity index is 2.20. The molecular weight excluding hydrogens is 204 g/mol. The van der Waals surface area contributed by atoms with E-state index in [9.17, 15) is 0 Å². The molecule has 1 saturated carbocycles. The van der Waals surface area contributed by atoms with Gasteiger partial charge >= 0.3 is 0 Å². The largest absolute Gasteiger partial charge is 0.368 e. The van der Waals surface area contributed by atoms with Gasteiger partial charge in [-0.1, -0.05) is 0 Å². The maximum absolute atomic E-state index is 5.65. The van der Waals surface area contributed by atoms with E-state index in [-0.39, 0.29) is 11.5 Å². The fourth-order valence-electron chi connectivity index (χ4n) is 1.74. The lowest BCUT2D eigenvalue weighted by atomic mass is 9.79. The molecule has 0 unspecified atom stereocenters. The molecular formula is C10H18N6. The molecule has 16 heavy (non-hydrogen) atoms. The third-order valence-electron chi connectivity index (χ3n) is 2.91. The second-order valence-electron chi connectivity index (χ2n) is 4.75. The van der Waals surface area contributed by atoms with Gasteiger partial charge in [0.15, 0.2) is 0 Å². The van der Waals surface area contributed by atoms with E-state index < -0.39 is 0 Å². The Labute approximate surface area is 95.3 Å². The Bertz CT molecular complexity index is 385. The highest BCUT2D eigenvalue weighted by Crippen LogP contribution is 2.33. The minimum absolute atomic E-state index is 0.122. The van der Waals surface area contributed by atoms with E-state index in [1.807, 2.05) is 19.0 Å². The van der Waals surface area contributed by atoms with Crippen molar-refractivity contribution in [1.29, 1.82) is 0 Å². The normalized spacial score (nSPS) is 17.7. The standard InChI is InChI=1S/C10H18N6/c1-10(5-4-6-10)15-8-12-7(11)13-9(14-8)16(2)3/h4-6H2,1-3H3,(H3,11,12,13,14,15). The molecule has 0 atom stereocenters. The zero-order valence-electron chi connectivity index (χ0n) is 9.99. The van der Waals surface area contributed by atoms with Gasteiger partial charge in [0, 0.05) is 19.6 Å². The van der Waals surface area contributed by atoms with Gasteiger partial charge in [0.2, 0.25) is 17.8 Å². The number of nitrogens with zero attached hydrogens (tertiary/aromatic N) is 4. The zero-order chi connectivity index (χ0) is 11.8. The molecule has 0 amide bonds. The number of hydrogen-bond donors (Lipinski definition) is 2. The second-order valence-corrected chi connectivity index (χ2v) is 4.75. The molecule has 3 N–H and O–H groups in total. The van der Waals surface area contributed by atoms with Crippen LogP contribution >= 0.6 is 0 Å². The summed E-state index contributed by atoms with van der Waals surface area (Å²) in [4.78, 5) is 14.3. The van der Waals surface area contributed by atoms with Gasteiger partial charge < -0.3 is 16.0 Å². The number of nitrogen functional groups attached to an aromatic ring is 1. The average Bonchev–Trinajstić information content (AvgIpc) is 2.14. The molecule has 0 saturated heterocycles. The molecule has 1 fully saturated rings. The molecule has 0 aromatic carbocycles. The monoisotopic (exact) mass is 222 g/mol. The molecule has 1 aromatic heterocycles. The van der Waals surface area contributed by atoms with Crippen LogP contribution in [0.5, 0.6) is 0 Å². The van der Waals surface area contributed by atoms with Crippen LogP contribution < -0.4 is 16.0 Å². The van der Waals surface area contributed by atoms with Crippen LogP contribution in [0, 0.1) is 0 Å². The third kappa shape index (κ3) is 2.15. The van der Waals surface area contributed by atoms with E-state index in [2.05, 4.69) is 27.2 Å². The Kier molecular flexibility index (Phi) is 2.57. The van der Waals surface area contributed by atoms with Crippen molar-refractivity contribution >= 4 is 17.8 Å². The van der Waals surface area contributed by atoms with Gasteiger partial charge in [0.25, 0.3) is 0 Å². The van der Waals surface area contributed by atoms with Gasteiger partial charge in [-0.15, -0.1) is 0 Å². The van der Waals surface area contributed by atoms with Gasteiger partial charge in [-0.05, 0) is 26.2 Å². The summed E-state index contributed by atoms with van der Waals surface area (Å²) >= 11 is 0. The minimum atomic E-state index is 0.122. The van der Waals surface area contributed by atoms with Crippen LogP contribution in [0.2, 0.25) is 0 Å². The molecule has 1 aromatic rings. The lowest BCUT2D eigenvalue weighted by Crippen LogP contribution is -2.42. The summed E-state index contributed by atoms with van der Waals surface area (Å²) in [6, 6.07) is 0. The van der Waals surface area contributed by atoms with Crippen molar-refractivity contribution in [3.63, 3.8) is 0 Å². The van der Waals surface area contributed by atoms with Crippen molar-refractivity contribution in [2.24, 2.45) is 0 Å². The van der Waals surface area contributed by atoms with Crippen LogP contribution in [0.15, 0.2) is 0 Å². The van der Waals surface area contributed by atoms with Crippen LogP contribution in [-0.2, 0) is 0 Å². The van der Waals surface area contributed by atoms with E-state index in [0.29, 0.717) is 11.9 Å². The molecule has 6 heteroatoms. The van der Waals surface area contributed by atoms with Crippen molar-refractivity contribution < 1.29 is 0 Å². The van der Waals surface area contributed by atoms with Crippen molar-refractivity contribution in [3.8, 4) is 0 Å². The van der Waals surface area contributed by atoms with Crippen LogP contribution in [0.4, 0.5) is 17.8 Å². The Hall–Kier alpha value is -1.59. The maximum Gasteiger partial charge on any atom is 0.231 e. The summed E-state index contributed by atoms with van der Waals surface area (Å²) in [6.45, 7) is 2.17. The van der Waals surface area contributed by atoms with Crippen LogP contribution in [-0.4, -0.2) is 34.6 Å². The quantitative estimate of drug-likeness (QED) is 0.790. The van der Waals surface area contributed by atoms with Crippen molar-refractivity contribution in [1.82, 2.24) is 15.0 Å². The van der Waals surface area contributed by atoms with E-state index in [1.54, 1.807) is 0 Å². The topological polar surface area (TPSA) is 80.0 Å². The predicted molar refractivity (Wildman–Crippen MR) is 64.4 cm³/mol. The van der Waals surface area contributed by atoms with Gasteiger partial charge in [-0.2, -0.15) is 15.0 Å². The van der Waals surface area contributed by atoms with Gasteiger partial charge in [-0.3, -0.25) is 0 Å². The summed E-state index contributed by atoms with van der Waals surface area (Å²) in [7, 11) is 3.76. The number of anilines is 3. The highest BCUT2D eigenvalue weighted by Gasteiger charge is 2.32.